The van der Waals surface area contributed by atoms with Gasteiger partial charge in [-0.1, -0.05) is 0 Å². The van der Waals surface area contributed by atoms with E-state index in [9.17, 15) is 9.90 Å². The number of carbonyl (C=O) groups is 1. The Bertz CT molecular complexity index is 1270. The molecule has 3 heterocycles. The van der Waals surface area contributed by atoms with Crippen molar-refractivity contribution in [3.63, 3.8) is 0 Å². The fraction of sp³-hybridized carbons (Fsp3) is 0.364. The Balaban J connectivity index is 1.38. The predicted molar refractivity (Wildman–Crippen MR) is 122 cm³/mol. The number of anilines is 2. The molecular weight excluding hydrogens is 412 g/mol. The van der Waals surface area contributed by atoms with Crippen LogP contribution in [-0.2, 0) is 17.6 Å². The molecule has 0 saturated heterocycles. The van der Waals surface area contributed by atoms with E-state index in [0.29, 0.717) is 12.5 Å². The van der Waals surface area contributed by atoms with Crippen LogP contribution < -0.4 is 10.6 Å². The van der Waals surface area contributed by atoms with Crippen molar-refractivity contribution in [1.29, 1.82) is 0 Å². The number of nitrogens with zero attached hydrogens (tertiary/aromatic N) is 3. The highest BCUT2D eigenvalue weighted by Gasteiger charge is 2.28. The molecular formula is C22H24N6O2S. The molecule has 9 heteroatoms. The van der Waals surface area contributed by atoms with Crippen molar-refractivity contribution >= 4 is 49.9 Å². The molecule has 4 aromatic rings. The van der Waals surface area contributed by atoms with Crippen molar-refractivity contribution in [3.8, 4) is 0 Å². The first-order valence-corrected chi connectivity index (χ1v) is 11.2. The van der Waals surface area contributed by atoms with Gasteiger partial charge in [-0.3, -0.25) is 9.89 Å². The van der Waals surface area contributed by atoms with Crippen LogP contribution in [0.25, 0.3) is 21.1 Å². The minimum Gasteiger partial charge on any atom is -0.381 e. The SMILES string of the molecule is CC(C)(O)C(=O)NCC1CCc2c(sc3ncnc(Nc4ccc5[nH]ncc5c4)c23)C1. The van der Waals surface area contributed by atoms with E-state index in [0.717, 1.165) is 51.9 Å². The molecule has 1 aliphatic rings. The second kappa shape index (κ2) is 7.58. The van der Waals surface area contributed by atoms with Gasteiger partial charge in [-0.2, -0.15) is 5.10 Å². The number of hydrogen-bond donors (Lipinski definition) is 4. The number of amides is 1. The molecule has 0 aliphatic heterocycles. The summed E-state index contributed by atoms with van der Waals surface area (Å²) in [5.41, 5.74) is 1.90. The topological polar surface area (TPSA) is 116 Å². The van der Waals surface area contributed by atoms with Crippen LogP contribution in [0.1, 0.15) is 30.7 Å². The summed E-state index contributed by atoms with van der Waals surface area (Å²) in [7, 11) is 0. The summed E-state index contributed by atoms with van der Waals surface area (Å²) >= 11 is 1.70. The van der Waals surface area contributed by atoms with E-state index >= 15 is 0 Å². The van der Waals surface area contributed by atoms with Crippen LogP contribution in [-0.4, -0.2) is 43.3 Å². The van der Waals surface area contributed by atoms with Gasteiger partial charge in [-0.25, -0.2) is 9.97 Å². The number of benzene rings is 1. The van der Waals surface area contributed by atoms with Crippen molar-refractivity contribution in [3.05, 3.63) is 41.2 Å². The summed E-state index contributed by atoms with van der Waals surface area (Å²) in [6.07, 6.45) is 6.19. The Labute approximate surface area is 183 Å². The molecule has 1 aliphatic carbocycles. The summed E-state index contributed by atoms with van der Waals surface area (Å²) in [5, 5.41) is 25.3. The summed E-state index contributed by atoms with van der Waals surface area (Å²) in [6.45, 7) is 3.58. The van der Waals surface area contributed by atoms with Crippen LogP contribution in [0.4, 0.5) is 11.5 Å². The number of rotatable bonds is 5. The minimum absolute atomic E-state index is 0.332. The Kier molecular flexibility index (Phi) is 4.86. The number of aliphatic hydroxyl groups is 1. The van der Waals surface area contributed by atoms with E-state index in [1.807, 2.05) is 18.2 Å². The summed E-state index contributed by atoms with van der Waals surface area (Å²) in [5.74, 6) is 0.834. The third-order valence-electron chi connectivity index (χ3n) is 5.76. The van der Waals surface area contributed by atoms with E-state index in [2.05, 4.69) is 30.8 Å². The Morgan fingerprint density at radius 3 is 3.06 bits per heavy atom. The molecule has 160 valence electrons. The number of aromatic amines is 1. The number of nitrogens with one attached hydrogen (secondary N) is 3. The number of aromatic nitrogens is 4. The van der Waals surface area contributed by atoms with Crippen molar-refractivity contribution in [2.75, 3.05) is 11.9 Å². The van der Waals surface area contributed by atoms with Crippen molar-refractivity contribution < 1.29 is 9.90 Å². The molecule has 0 saturated carbocycles. The fourth-order valence-electron chi connectivity index (χ4n) is 4.06. The van der Waals surface area contributed by atoms with E-state index in [4.69, 9.17) is 0 Å². The van der Waals surface area contributed by atoms with Gasteiger partial charge in [0.2, 0.25) is 0 Å². The minimum atomic E-state index is -1.35. The molecule has 8 nitrogen and oxygen atoms in total. The van der Waals surface area contributed by atoms with Gasteiger partial charge < -0.3 is 15.7 Å². The smallest absolute Gasteiger partial charge is 0.251 e. The van der Waals surface area contributed by atoms with Crippen LogP contribution in [0.15, 0.2) is 30.7 Å². The highest BCUT2D eigenvalue weighted by atomic mass is 32.1. The van der Waals surface area contributed by atoms with Gasteiger partial charge in [0.15, 0.2) is 0 Å². The standard InChI is InChI=1S/C22H24N6O2S/c1-22(2,30)21(29)23-9-12-3-5-15-17(7-12)31-20-18(15)19(24-11-25-20)27-14-4-6-16-13(8-14)10-26-28-16/h4,6,8,10-12,30H,3,5,7,9H2,1-2H3,(H,23,29)(H,26,28)(H,24,25,27). The number of H-pyrrole nitrogens is 1. The van der Waals surface area contributed by atoms with E-state index < -0.39 is 5.60 Å². The molecule has 3 aromatic heterocycles. The number of aryl methyl sites for hydroxylation is 1. The van der Waals surface area contributed by atoms with Crippen LogP contribution in [0.3, 0.4) is 0 Å². The molecule has 0 radical (unpaired) electrons. The Hall–Kier alpha value is -3.04. The van der Waals surface area contributed by atoms with Crippen LogP contribution in [0.5, 0.6) is 0 Å². The molecule has 1 amide bonds. The highest BCUT2D eigenvalue weighted by molar-refractivity contribution is 7.19. The lowest BCUT2D eigenvalue weighted by Crippen LogP contribution is -2.44. The molecule has 0 fully saturated rings. The zero-order valence-electron chi connectivity index (χ0n) is 17.4. The molecule has 4 N–H and O–H groups in total. The van der Waals surface area contributed by atoms with E-state index in [1.165, 1.54) is 24.3 Å². The summed E-state index contributed by atoms with van der Waals surface area (Å²) in [6, 6.07) is 6.06. The maximum Gasteiger partial charge on any atom is 0.251 e. The zero-order chi connectivity index (χ0) is 21.6. The lowest BCUT2D eigenvalue weighted by molar-refractivity contribution is -0.136. The van der Waals surface area contributed by atoms with Crippen LogP contribution in [0, 0.1) is 5.92 Å². The fourth-order valence-corrected chi connectivity index (χ4v) is 5.36. The average Bonchev–Trinajstić information content (AvgIpc) is 3.35. The van der Waals surface area contributed by atoms with Gasteiger partial charge >= 0.3 is 0 Å². The van der Waals surface area contributed by atoms with Crippen LogP contribution >= 0.6 is 11.3 Å². The first-order valence-electron chi connectivity index (χ1n) is 10.3. The summed E-state index contributed by atoms with van der Waals surface area (Å²) < 4.78 is 0. The maximum absolute atomic E-state index is 12.0. The zero-order valence-corrected chi connectivity index (χ0v) is 18.2. The molecule has 0 bridgehead atoms. The van der Waals surface area contributed by atoms with Gasteiger partial charge in [0.1, 0.15) is 22.6 Å². The highest BCUT2D eigenvalue weighted by Crippen LogP contribution is 2.40. The molecule has 1 aromatic carbocycles. The lowest BCUT2D eigenvalue weighted by atomic mass is 9.87. The Morgan fingerprint density at radius 1 is 1.35 bits per heavy atom. The van der Waals surface area contributed by atoms with E-state index in [-0.39, 0.29) is 5.91 Å². The number of hydrogen-bond acceptors (Lipinski definition) is 7. The second-order valence-electron chi connectivity index (χ2n) is 8.58. The van der Waals surface area contributed by atoms with E-state index in [1.54, 1.807) is 23.9 Å². The van der Waals surface area contributed by atoms with Crippen molar-refractivity contribution in [1.82, 2.24) is 25.5 Å². The van der Waals surface area contributed by atoms with Crippen molar-refractivity contribution in [2.24, 2.45) is 5.92 Å². The first kappa shape index (κ1) is 19.9. The molecule has 0 spiro atoms. The van der Waals surface area contributed by atoms with Gasteiger partial charge in [0.25, 0.3) is 5.91 Å². The molecule has 5 rings (SSSR count). The lowest BCUT2D eigenvalue weighted by Gasteiger charge is -2.24. The number of thiophene rings is 1. The number of carbonyl (C=O) groups excluding carboxylic acids is 1. The quantitative estimate of drug-likeness (QED) is 0.381. The molecule has 1 unspecified atom stereocenters. The first-order chi connectivity index (χ1) is 14.9. The number of fused-ring (bicyclic) bond motifs is 4. The summed E-state index contributed by atoms with van der Waals surface area (Å²) in [4.78, 5) is 23.3. The maximum atomic E-state index is 12.0. The third kappa shape index (κ3) is 3.86. The molecule has 1 atom stereocenters. The predicted octanol–water partition coefficient (Wildman–Crippen LogP) is 3.30. The molecule has 31 heavy (non-hydrogen) atoms. The third-order valence-corrected chi connectivity index (χ3v) is 6.92. The normalized spacial score (nSPS) is 16.4. The monoisotopic (exact) mass is 436 g/mol. The van der Waals surface area contributed by atoms with Gasteiger partial charge in [0, 0.05) is 22.5 Å². The van der Waals surface area contributed by atoms with Crippen molar-refractivity contribution in [2.45, 2.75) is 38.7 Å². The van der Waals surface area contributed by atoms with Crippen LogP contribution in [0.2, 0.25) is 0 Å². The Morgan fingerprint density at radius 2 is 2.23 bits per heavy atom. The van der Waals surface area contributed by atoms with Gasteiger partial charge in [-0.15, -0.1) is 11.3 Å². The average molecular weight is 437 g/mol. The second-order valence-corrected chi connectivity index (χ2v) is 9.66. The largest absolute Gasteiger partial charge is 0.381 e. The van der Waals surface area contributed by atoms with Gasteiger partial charge in [-0.05, 0) is 62.8 Å². The van der Waals surface area contributed by atoms with Gasteiger partial charge in [0.05, 0.1) is 17.1 Å².